The maximum absolute atomic E-state index is 13.2. The number of hydrogen-bond acceptors (Lipinski definition) is 9. The molecule has 11 heteroatoms. The molecule has 0 saturated carbocycles. The first-order chi connectivity index (χ1) is 16.5. The topological polar surface area (TPSA) is 100 Å². The van der Waals surface area contributed by atoms with Gasteiger partial charge in [-0.3, -0.25) is 9.29 Å². The SMILES string of the molecule is CCC(Cc1ncc(F)cn1)SNc1nnc(-c2ccc(C)o2)n1-c1c(OC)cccc1OC. The zero-order valence-electron chi connectivity index (χ0n) is 19.3. The lowest BCUT2D eigenvalue weighted by molar-refractivity contribution is 0.391. The van der Waals surface area contributed by atoms with Gasteiger partial charge in [0.25, 0.3) is 0 Å². The van der Waals surface area contributed by atoms with Gasteiger partial charge in [0.1, 0.15) is 28.8 Å². The van der Waals surface area contributed by atoms with Crippen LogP contribution in [0.3, 0.4) is 0 Å². The molecule has 4 rings (SSSR count). The van der Waals surface area contributed by atoms with Crippen molar-refractivity contribution in [2.75, 3.05) is 18.9 Å². The Kier molecular flexibility index (Phi) is 7.31. The van der Waals surface area contributed by atoms with E-state index < -0.39 is 5.82 Å². The summed E-state index contributed by atoms with van der Waals surface area (Å²) in [5.74, 6) is 3.56. The van der Waals surface area contributed by atoms with E-state index in [2.05, 4.69) is 31.8 Å². The predicted octanol–water partition coefficient (Wildman–Crippen LogP) is 4.86. The first kappa shape index (κ1) is 23.6. The fourth-order valence-electron chi connectivity index (χ4n) is 3.38. The molecular weight excluding hydrogens is 459 g/mol. The molecule has 1 unspecified atom stereocenters. The first-order valence-corrected chi connectivity index (χ1v) is 11.5. The van der Waals surface area contributed by atoms with Gasteiger partial charge in [-0.15, -0.1) is 10.2 Å². The van der Waals surface area contributed by atoms with Crippen LogP contribution in [0.2, 0.25) is 0 Å². The van der Waals surface area contributed by atoms with E-state index in [1.54, 1.807) is 14.2 Å². The highest BCUT2D eigenvalue weighted by molar-refractivity contribution is 8.01. The molecule has 0 aliphatic rings. The molecule has 0 amide bonds. The number of hydrogen-bond donors (Lipinski definition) is 1. The van der Waals surface area contributed by atoms with Crippen LogP contribution in [0.25, 0.3) is 17.3 Å². The Bertz CT molecular complexity index is 1220. The summed E-state index contributed by atoms with van der Waals surface area (Å²) in [5.41, 5.74) is 0.638. The molecule has 34 heavy (non-hydrogen) atoms. The summed E-state index contributed by atoms with van der Waals surface area (Å²) in [6.07, 6.45) is 3.74. The number of nitrogens with zero attached hydrogens (tertiary/aromatic N) is 5. The lowest BCUT2D eigenvalue weighted by atomic mass is 10.2. The lowest BCUT2D eigenvalue weighted by Crippen LogP contribution is -2.13. The summed E-state index contributed by atoms with van der Waals surface area (Å²) >= 11 is 1.46. The van der Waals surface area contributed by atoms with Crippen LogP contribution in [0.15, 0.2) is 47.1 Å². The smallest absolute Gasteiger partial charge is 0.239 e. The molecule has 1 N–H and O–H groups in total. The Morgan fingerprint density at radius 2 is 1.79 bits per heavy atom. The number of nitrogens with one attached hydrogen (secondary N) is 1. The summed E-state index contributed by atoms with van der Waals surface area (Å²) in [7, 11) is 3.19. The predicted molar refractivity (Wildman–Crippen MR) is 128 cm³/mol. The van der Waals surface area contributed by atoms with Crippen LogP contribution >= 0.6 is 11.9 Å². The van der Waals surface area contributed by atoms with Gasteiger partial charge >= 0.3 is 0 Å². The summed E-state index contributed by atoms with van der Waals surface area (Å²) in [6, 6.07) is 9.24. The Morgan fingerprint density at radius 1 is 1.09 bits per heavy atom. The molecule has 178 valence electrons. The van der Waals surface area contributed by atoms with Gasteiger partial charge < -0.3 is 13.9 Å². The molecule has 1 atom stereocenters. The lowest BCUT2D eigenvalue weighted by Gasteiger charge is -2.18. The third kappa shape index (κ3) is 4.98. The van der Waals surface area contributed by atoms with Crippen LogP contribution in [0.4, 0.5) is 10.3 Å². The highest BCUT2D eigenvalue weighted by atomic mass is 32.2. The molecule has 0 aliphatic carbocycles. The van der Waals surface area contributed by atoms with Crippen molar-refractivity contribution in [1.29, 1.82) is 0 Å². The van der Waals surface area contributed by atoms with E-state index >= 15 is 0 Å². The quantitative estimate of drug-likeness (QED) is 0.316. The Hall–Kier alpha value is -3.60. The number of rotatable bonds is 10. The number of halogens is 1. The summed E-state index contributed by atoms with van der Waals surface area (Å²) in [4.78, 5) is 8.14. The standard InChI is InChI=1S/C23H25FN6O3S/c1-5-16(11-20-25-12-15(24)13-26-20)34-29-23-28-27-22(19-10-9-14(2)33-19)30(23)21-17(31-3)7-6-8-18(21)32-4/h6-10,12-13,16H,5,11H2,1-4H3,(H,28,29). The minimum atomic E-state index is -0.456. The number of aryl methyl sites for hydroxylation is 1. The zero-order chi connectivity index (χ0) is 24.1. The molecule has 1 aromatic carbocycles. The second-order valence-corrected chi connectivity index (χ2v) is 8.48. The summed E-state index contributed by atoms with van der Waals surface area (Å²) in [5, 5.41) is 8.87. The molecule has 0 saturated heterocycles. The Balaban J connectivity index is 1.69. The van der Waals surface area contributed by atoms with Crippen molar-refractivity contribution in [2.45, 2.75) is 31.9 Å². The number of benzene rings is 1. The minimum Gasteiger partial charge on any atom is -0.494 e. The van der Waals surface area contributed by atoms with E-state index in [-0.39, 0.29) is 5.25 Å². The van der Waals surface area contributed by atoms with Gasteiger partial charge in [0.2, 0.25) is 11.8 Å². The van der Waals surface area contributed by atoms with Crippen molar-refractivity contribution in [3.05, 3.63) is 60.1 Å². The van der Waals surface area contributed by atoms with Crippen LogP contribution in [-0.2, 0) is 6.42 Å². The Morgan fingerprint density at radius 3 is 2.38 bits per heavy atom. The fourth-order valence-corrected chi connectivity index (χ4v) is 4.19. The van der Waals surface area contributed by atoms with Crippen LogP contribution in [0.5, 0.6) is 11.5 Å². The molecule has 0 bridgehead atoms. The number of anilines is 1. The zero-order valence-corrected chi connectivity index (χ0v) is 20.1. The van der Waals surface area contributed by atoms with Gasteiger partial charge in [0.15, 0.2) is 11.6 Å². The van der Waals surface area contributed by atoms with Crippen molar-refractivity contribution in [3.63, 3.8) is 0 Å². The van der Waals surface area contributed by atoms with E-state index in [0.29, 0.717) is 47.0 Å². The van der Waals surface area contributed by atoms with E-state index in [1.807, 2.05) is 41.8 Å². The van der Waals surface area contributed by atoms with Gasteiger partial charge in [-0.2, -0.15) is 0 Å². The highest BCUT2D eigenvalue weighted by Gasteiger charge is 2.24. The third-order valence-electron chi connectivity index (χ3n) is 5.11. The maximum Gasteiger partial charge on any atom is 0.239 e. The largest absolute Gasteiger partial charge is 0.494 e. The van der Waals surface area contributed by atoms with Gasteiger partial charge in [-0.25, -0.2) is 14.4 Å². The van der Waals surface area contributed by atoms with Crippen molar-refractivity contribution >= 4 is 17.9 Å². The normalized spacial score (nSPS) is 11.9. The van der Waals surface area contributed by atoms with E-state index in [4.69, 9.17) is 13.9 Å². The van der Waals surface area contributed by atoms with E-state index in [9.17, 15) is 4.39 Å². The van der Waals surface area contributed by atoms with Gasteiger partial charge in [-0.05, 0) is 49.6 Å². The number of methoxy groups -OCH3 is 2. The van der Waals surface area contributed by atoms with Crippen LogP contribution in [0.1, 0.15) is 24.9 Å². The fraction of sp³-hybridized carbons (Fsp3) is 0.304. The number of para-hydroxylation sites is 1. The van der Waals surface area contributed by atoms with Crippen LogP contribution in [0, 0.1) is 12.7 Å². The van der Waals surface area contributed by atoms with Crippen molar-refractivity contribution in [1.82, 2.24) is 24.7 Å². The second kappa shape index (κ2) is 10.6. The second-order valence-electron chi connectivity index (χ2n) is 7.38. The molecular formula is C23H25FN6O3S. The molecule has 3 heterocycles. The molecule has 0 aliphatic heterocycles. The first-order valence-electron chi connectivity index (χ1n) is 10.7. The van der Waals surface area contributed by atoms with Gasteiger partial charge in [0.05, 0.1) is 26.6 Å². The van der Waals surface area contributed by atoms with E-state index in [0.717, 1.165) is 12.2 Å². The number of furan rings is 1. The van der Waals surface area contributed by atoms with Crippen LogP contribution < -0.4 is 14.2 Å². The van der Waals surface area contributed by atoms with Gasteiger partial charge in [-0.1, -0.05) is 13.0 Å². The summed E-state index contributed by atoms with van der Waals surface area (Å²) < 4.78 is 35.4. The van der Waals surface area contributed by atoms with E-state index in [1.165, 1.54) is 24.3 Å². The maximum atomic E-state index is 13.2. The summed E-state index contributed by atoms with van der Waals surface area (Å²) in [6.45, 7) is 3.93. The molecule has 0 radical (unpaired) electrons. The molecule has 9 nitrogen and oxygen atoms in total. The number of ether oxygens (including phenoxy) is 2. The van der Waals surface area contributed by atoms with Crippen molar-refractivity contribution in [2.24, 2.45) is 0 Å². The minimum absolute atomic E-state index is 0.101. The Labute approximate surface area is 200 Å². The number of aromatic nitrogens is 5. The third-order valence-corrected chi connectivity index (χ3v) is 6.24. The molecule has 0 fully saturated rings. The highest BCUT2D eigenvalue weighted by Crippen LogP contribution is 2.38. The molecule has 4 aromatic rings. The van der Waals surface area contributed by atoms with Crippen molar-refractivity contribution < 1.29 is 18.3 Å². The molecule has 3 aromatic heterocycles. The van der Waals surface area contributed by atoms with Crippen molar-refractivity contribution in [3.8, 4) is 28.8 Å². The van der Waals surface area contributed by atoms with Crippen LogP contribution in [-0.4, -0.2) is 44.2 Å². The monoisotopic (exact) mass is 484 g/mol. The average molecular weight is 485 g/mol. The van der Waals surface area contributed by atoms with Gasteiger partial charge in [0, 0.05) is 11.7 Å². The average Bonchev–Trinajstić information content (AvgIpc) is 3.48. The molecule has 0 spiro atoms.